The number of aromatic nitrogens is 1. The van der Waals surface area contributed by atoms with E-state index in [2.05, 4.69) is 57.8 Å². The lowest BCUT2D eigenvalue weighted by Gasteiger charge is -2.46. The summed E-state index contributed by atoms with van der Waals surface area (Å²) in [6.45, 7) is 13.5. The van der Waals surface area contributed by atoms with Gasteiger partial charge in [-0.15, -0.1) is 0 Å². The summed E-state index contributed by atoms with van der Waals surface area (Å²) in [6, 6.07) is 12.2. The van der Waals surface area contributed by atoms with E-state index in [0.717, 1.165) is 41.7 Å². The molecule has 2 fully saturated rings. The van der Waals surface area contributed by atoms with Gasteiger partial charge in [0.25, 0.3) is 0 Å². The molecular weight excluding hydrogens is 592 g/mol. The second-order valence-electron chi connectivity index (χ2n) is 12.4. The number of hydrogen-bond acceptors (Lipinski definition) is 5. The van der Waals surface area contributed by atoms with Crippen molar-refractivity contribution in [2.24, 2.45) is 11.8 Å². The molecule has 0 aliphatic carbocycles. The normalized spacial score (nSPS) is 20.1. The molecule has 2 saturated heterocycles. The van der Waals surface area contributed by atoms with E-state index >= 15 is 0 Å². The number of likely N-dealkylation sites (tertiary alicyclic amines) is 1. The number of amides is 2. The van der Waals surface area contributed by atoms with Gasteiger partial charge in [-0.2, -0.15) is 0 Å². The van der Waals surface area contributed by atoms with Crippen LogP contribution in [-0.4, -0.2) is 76.1 Å². The fourth-order valence-corrected chi connectivity index (χ4v) is 6.08. The van der Waals surface area contributed by atoms with Crippen molar-refractivity contribution >= 4 is 39.5 Å². The molecule has 7 nitrogen and oxygen atoms in total. The van der Waals surface area contributed by atoms with Crippen LogP contribution in [0.2, 0.25) is 5.02 Å². The SMILES string of the molecule is CC(C)[C@H]1CN(C(c2ccc(Cl)cc2)c2ccc(Br)cn2)CCN1C(=O)CC1CCN(C(=O)OC(C)(C)C)CC1. The molecule has 2 atom stereocenters. The van der Waals surface area contributed by atoms with Crippen LogP contribution in [0.15, 0.2) is 47.1 Å². The van der Waals surface area contributed by atoms with Crippen LogP contribution in [0.3, 0.4) is 0 Å². The molecule has 1 aromatic heterocycles. The first-order valence-corrected chi connectivity index (χ1v) is 15.5. The third kappa shape index (κ3) is 7.98. The maximum atomic E-state index is 13.6. The standard InChI is InChI=1S/C31H42BrClN4O3/c1-21(2)27-20-36(29(23-6-9-25(33)10-7-23)26-11-8-24(32)19-34-26)16-17-37(27)28(38)18-22-12-14-35(15-13-22)30(39)40-31(3,4)5/h6-11,19,21-22,27,29H,12-18,20H2,1-5H3/t27-,29?/m1/s1. The topological polar surface area (TPSA) is 66.0 Å². The van der Waals surface area contributed by atoms with Crippen LogP contribution >= 0.6 is 27.5 Å². The van der Waals surface area contributed by atoms with Crippen LogP contribution in [0.1, 0.15) is 71.2 Å². The van der Waals surface area contributed by atoms with Crippen LogP contribution in [0.4, 0.5) is 4.79 Å². The molecule has 1 unspecified atom stereocenters. The highest BCUT2D eigenvalue weighted by Gasteiger charge is 2.37. The number of piperidine rings is 1. The van der Waals surface area contributed by atoms with Crippen molar-refractivity contribution in [1.82, 2.24) is 19.7 Å². The first-order chi connectivity index (χ1) is 18.9. The van der Waals surface area contributed by atoms with Crippen molar-refractivity contribution < 1.29 is 14.3 Å². The van der Waals surface area contributed by atoms with Gasteiger partial charge in [0.05, 0.1) is 11.7 Å². The Hall–Kier alpha value is -2.16. The lowest BCUT2D eigenvalue weighted by molar-refractivity contribution is -0.139. The highest BCUT2D eigenvalue weighted by molar-refractivity contribution is 9.10. The van der Waals surface area contributed by atoms with Crippen molar-refractivity contribution in [2.45, 2.75) is 71.6 Å². The predicted octanol–water partition coefficient (Wildman–Crippen LogP) is 6.79. The highest BCUT2D eigenvalue weighted by atomic mass is 79.9. The lowest BCUT2D eigenvalue weighted by Crippen LogP contribution is -2.58. The Kier molecular flexibility index (Phi) is 10.2. The number of nitrogens with zero attached hydrogens (tertiary/aromatic N) is 4. The number of rotatable bonds is 6. The van der Waals surface area contributed by atoms with Crippen molar-refractivity contribution in [1.29, 1.82) is 0 Å². The molecule has 1 aromatic carbocycles. The third-order valence-electron chi connectivity index (χ3n) is 7.85. The van der Waals surface area contributed by atoms with Crippen LogP contribution < -0.4 is 0 Å². The summed E-state index contributed by atoms with van der Waals surface area (Å²) in [5, 5.41) is 0.707. The van der Waals surface area contributed by atoms with Gasteiger partial charge >= 0.3 is 6.09 Å². The van der Waals surface area contributed by atoms with E-state index in [0.29, 0.717) is 37.0 Å². The van der Waals surface area contributed by atoms with Gasteiger partial charge in [-0.3, -0.25) is 14.7 Å². The molecule has 0 spiro atoms. The van der Waals surface area contributed by atoms with E-state index < -0.39 is 5.60 Å². The summed E-state index contributed by atoms with van der Waals surface area (Å²) in [6.07, 6.45) is 3.76. The number of carbonyl (C=O) groups excluding carboxylic acids is 2. The van der Waals surface area contributed by atoms with E-state index in [4.69, 9.17) is 21.3 Å². The number of piperazine rings is 1. The van der Waals surface area contributed by atoms with Crippen LogP contribution in [-0.2, 0) is 9.53 Å². The summed E-state index contributed by atoms with van der Waals surface area (Å²) < 4.78 is 6.47. The number of carbonyl (C=O) groups is 2. The molecule has 0 saturated carbocycles. The zero-order chi connectivity index (χ0) is 29.0. The van der Waals surface area contributed by atoms with Gasteiger partial charge in [-0.05, 0) is 91.2 Å². The molecule has 0 radical (unpaired) electrons. The molecule has 2 aliphatic rings. The monoisotopic (exact) mass is 632 g/mol. The smallest absolute Gasteiger partial charge is 0.410 e. The first kappa shape index (κ1) is 30.8. The second kappa shape index (κ2) is 13.2. The molecule has 2 aliphatic heterocycles. The number of halogens is 2. The minimum Gasteiger partial charge on any atom is -0.444 e. The Bertz CT molecular complexity index is 1100. The molecule has 2 amide bonds. The van der Waals surface area contributed by atoms with Crippen molar-refractivity contribution in [3.8, 4) is 0 Å². The Morgan fingerprint density at radius 1 is 1.05 bits per heavy atom. The number of pyridine rings is 1. The summed E-state index contributed by atoms with van der Waals surface area (Å²) >= 11 is 9.72. The number of ether oxygens (including phenoxy) is 1. The van der Waals surface area contributed by atoms with Gasteiger partial charge in [0.15, 0.2) is 0 Å². The predicted molar refractivity (Wildman–Crippen MR) is 162 cm³/mol. The van der Waals surface area contributed by atoms with Gasteiger partial charge < -0.3 is 14.5 Å². The fraction of sp³-hybridized carbons (Fsp3) is 0.581. The minimum absolute atomic E-state index is 0.0268. The van der Waals surface area contributed by atoms with Crippen LogP contribution in [0.5, 0.6) is 0 Å². The zero-order valence-electron chi connectivity index (χ0n) is 24.3. The number of benzene rings is 1. The first-order valence-electron chi connectivity index (χ1n) is 14.3. The molecule has 9 heteroatoms. The van der Waals surface area contributed by atoms with Crippen molar-refractivity contribution in [3.05, 3.63) is 63.3 Å². The Morgan fingerprint density at radius 3 is 2.30 bits per heavy atom. The fourth-order valence-electron chi connectivity index (χ4n) is 5.72. The zero-order valence-corrected chi connectivity index (χ0v) is 26.6. The molecule has 2 aromatic rings. The van der Waals surface area contributed by atoms with Gasteiger partial charge in [0.2, 0.25) is 5.91 Å². The summed E-state index contributed by atoms with van der Waals surface area (Å²) in [4.78, 5) is 37.2. The van der Waals surface area contributed by atoms with Crippen molar-refractivity contribution in [3.63, 3.8) is 0 Å². The van der Waals surface area contributed by atoms with E-state index in [1.807, 2.05) is 45.2 Å². The lowest BCUT2D eigenvalue weighted by atomic mass is 9.91. The average Bonchev–Trinajstić information content (AvgIpc) is 2.90. The van der Waals surface area contributed by atoms with E-state index in [1.165, 1.54) is 0 Å². The summed E-state index contributed by atoms with van der Waals surface area (Å²) in [5.41, 5.74) is 1.61. The van der Waals surface area contributed by atoms with Gasteiger partial charge in [-0.25, -0.2) is 4.79 Å². The van der Waals surface area contributed by atoms with Crippen LogP contribution in [0.25, 0.3) is 0 Å². The summed E-state index contributed by atoms with van der Waals surface area (Å²) in [5.74, 6) is 0.814. The quantitative estimate of drug-likeness (QED) is 0.350. The van der Waals surface area contributed by atoms with Crippen LogP contribution in [0, 0.1) is 11.8 Å². The molecule has 40 heavy (non-hydrogen) atoms. The largest absolute Gasteiger partial charge is 0.444 e. The maximum Gasteiger partial charge on any atom is 0.410 e. The molecule has 4 rings (SSSR count). The van der Waals surface area contributed by atoms with E-state index in [1.54, 1.807) is 4.90 Å². The Labute approximate surface area is 252 Å². The minimum atomic E-state index is -0.502. The van der Waals surface area contributed by atoms with Gasteiger partial charge in [-0.1, -0.05) is 37.6 Å². The second-order valence-corrected chi connectivity index (χ2v) is 13.7. The molecule has 218 valence electrons. The molecule has 0 bridgehead atoms. The van der Waals surface area contributed by atoms with E-state index in [9.17, 15) is 9.59 Å². The van der Waals surface area contributed by atoms with Gasteiger partial charge in [0, 0.05) is 60.9 Å². The molecule has 3 heterocycles. The maximum absolute atomic E-state index is 13.6. The molecule has 0 N–H and O–H groups in total. The van der Waals surface area contributed by atoms with E-state index in [-0.39, 0.29) is 30.0 Å². The Morgan fingerprint density at radius 2 is 1.73 bits per heavy atom. The van der Waals surface area contributed by atoms with Crippen molar-refractivity contribution in [2.75, 3.05) is 32.7 Å². The molecular formula is C31H42BrClN4O3. The average molecular weight is 634 g/mol. The third-order valence-corrected chi connectivity index (χ3v) is 8.57. The summed E-state index contributed by atoms with van der Waals surface area (Å²) in [7, 11) is 0. The Balaban J connectivity index is 1.42. The van der Waals surface area contributed by atoms with Gasteiger partial charge in [0.1, 0.15) is 5.60 Å². The highest BCUT2D eigenvalue weighted by Crippen LogP contribution is 2.33. The number of hydrogen-bond donors (Lipinski definition) is 0.